The molecule has 5 heteroatoms. The average molecular weight is 318 g/mol. The molecule has 1 amide bonds. The first kappa shape index (κ1) is 16.0. The topological polar surface area (TPSA) is 55.4 Å². The minimum Gasteiger partial charge on any atom is -0.483 e. The Bertz CT molecular complexity index is 696. The lowest BCUT2D eigenvalue weighted by atomic mass is 10.1. The van der Waals surface area contributed by atoms with Gasteiger partial charge >= 0.3 is 0 Å². The van der Waals surface area contributed by atoms with Crippen molar-refractivity contribution in [3.63, 3.8) is 0 Å². The van der Waals surface area contributed by atoms with Crippen LogP contribution in [0.3, 0.4) is 0 Å². The van der Waals surface area contributed by atoms with E-state index in [1.807, 2.05) is 31.2 Å². The maximum Gasteiger partial charge on any atom is 0.262 e. The zero-order chi connectivity index (χ0) is 16.1. The summed E-state index contributed by atoms with van der Waals surface area (Å²) in [4.78, 5) is 23.4. The zero-order valence-electron chi connectivity index (χ0n) is 12.4. The van der Waals surface area contributed by atoms with Gasteiger partial charge in [-0.15, -0.1) is 0 Å². The van der Waals surface area contributed by atoms with Crippen LogP contribution in [0.2, 0.25) is 5.02 Å². The van der Waals surface area contributed by atoms with E-state index in [1.54, 1.807) is 12.1 Å². The predicted molar refractivity (Wildman–Crippen MR) is 86.8 cm³/mol. The van der Waals surface area contributed by atoms with Crippen LogP contribution in [0.5, 0.6) is 5.75 Å². The molecule has 0 aliphatic carbocycles. The van der Waals surface area contributed by atoms with E-state index in [2.05, 4.69) is 5.32 Å². The van der Waals surface area contributed by atoms with Crippen molar-refractivity contribution >= 4 is 29.0 Å². The van der Waals surface area contributed by atoms with Gasteiger partial charge in [0.1, 0.15) is 5.75 Å². The number of halogens is 1. The number of ether oxygens (including phenoxy) is 1. The predicted octanol–water partition coefficient (Wildman–Crippen LogP) is 3.87. The molecule has 0 aliphatic heterocycles. The van der Waals surface area contributed by atoms with Gasteiger partial charge < -0.3 is 10.1 Å². The molecule has 0 saturated carbocycles. The van der Waals surface area contributed by atoms with Crippen LogP contribution in [0.4, 0.5) is 5.69 Å². The molecule has 22 heavy (non-hydrogen) atoms. The molecule has 1 N–H and O–H groups in total. The van der Waals surface area contributed by atoms with Crippen LogP contribution in [-0.2, 0) is 4.79 Å². The van der Waals surface area contributed by atoms with Gasteiger partial charge in [0.05, 0.1) is 5.56 Å². The van der Waals surface area contributed by atoms with E-state index in [1.165, 1.54) is 13.0 Å². The minimum atomic E-state index is -0.298. The second-order valence-electron chi connectivity index (χ2n) is 4.90. The van der Waals surface area contributed by atoms with Gasteiger partial charge in [0.25, 0.3) is 5.91 Å². The van der Waals surface area contributed by atoms with E-state index < -0.39 is 0 Å². The summed E-state index contributed by atoms with van der Waals surface area (Å²) in [5, 5.41) is 3.17. The van der Waals surface area contributed by atoms with Crippen molar-refractivity contribution in [3.8, 4) is 5.75 Å². The van der Waals surface area contributed by atoms with Crippen LogP contribution in [-0.4, -0.2) is 18.3 Å². The normalized spacial score (nSPS) is 10.1. The van der Waals surface area contributed by atoms with Crippen molar-refractivity contribution in [3.05, 3.63) is 58.6 Å². The number of hydrogen-bond acceptors (Lipinski definition) is 3. The van der Waals surface area contributed by atoms with Crippen LogP contribution < -0.4 is 10.1 Å². The third kappa shape index (κ3) is 4.33. The number of carbonyl (C=O) groups excluding carboxylic acids is 2. The highest BCUT2D eigenvalue weighted by Gasteiger charge is 2.11. The van der Waals surface area contributed by atoms with Gasteiger partial charge in [0, 0.05) is 10.7 Å². The average Bonchev–Trinajstić information content (AvgIpc) is 2.48. The summed E-state index contributed by atoms with van der Waals surface area (Å²) >= 11 is 5.86. The van der Waals surface area contributed by atoms with Crippen molar-refractivity contribution < 1.29 is 14.3 Å². The molecule has 0 heterocycles. The molecule has 0 aliphatic rings. The number of nitrogens with one attached hydrogen (secondary N) is 1. The lowest BCUT2D eigenvalue weighted by molar-refractivity contribution is -0.118. The van der Waals surface area contributed by atoms with Gasteiger partial charge in [-0.25, -0.2) is 0 Å². The number of ketones is 1. The summed E-state index contributed by atoms with van der Waals surface area (Å²) in [6, 6.07) is 12.2. The molecule has 2 aromatic carbocycles. The van der Waals surface area contributed by atoms with Crippen molar-refractivity contribution in [2.45, 2.75) is 13.8 Å². The summed E-state index contributed by atoms with van der Waals surface area (Å²) in [5.74, 6) is -0.124. The third-order valence-corrected chi connectivity index (χ3v) is 3.25. The maximum absolute atomic E-state index is 11.9. The van der Waals surface area contributed by atoms with E-state index in [0.29, 0.717) is 22.0 Å². The van der Waals surface area contributed by atoms with Crippen molar-refractivity contribution in [2.75, 3.05) is 11.9 Å². The van der Waals surface area contributed by atoms with E-state index in [4.69, 9.17) is 16.3 Å². The fourth-order valence-electron chi connectivity index (χ4n) is 1.88. The molecule has 0 radical (unpaired) electrons. The van der Waals surface area contributed by atoms with Gasteiger partial charge in [-0.3, -0.25) is 9.59 Å². The van der Waals surface area contributed by atoms with Crippen molar-refractivity contribution in [1.29, 1.82) is 0 Å². The van der Waals surface area contributed by atoms with Gasteiger partial charge in [0.2, 0.25) is 0 Å². The van der Waals surface area contributed by atoms with E-state index in [9.17, 15) is 9.59 Å². The summed E-state index contributed by atoms with van der Waals surface area (Å²) in [6.07, 6.45) is 0. The van der Waals surface area contributed by atoms with Crippen molar-refractivity contribution in [2.24, 2.45) is 0 Å². The van der Waals surface area contributed by atoms with E-state index >= 15 is 0 Å². The number of Topliss-reactive ketones (excluding diaryl/α,β-unsaturated/α-hetero) is 1. The van der Waals surface area contributed by atoms with Crippen LogP contribution in [0.25, 0.3) is 0 Å². The monoisotopic (exact) mass is 317 g/mol. The first-order valence-corrected chi connectivity index (χ1v) is 7.13. The Hall–Kier alpha value is -2.33. The Labute approximate surface area is 134 Å². The fraction of sp³-hybridized carbons (Fsp3) is 0.176. The number of amides is 1. The number of anilines is 1. The van der Waals surface area contributed by atoms with E-state index in [-0.39, 0.29) is 18.3 Å². The molecule has 4 nitrogen and oxygen atoms in total. The first-order valence-electron chi connectivity index (χ1n) is 6.75. The molecular formula is C17H16ClNO3. The third-order valence-electron chi connectivity index (χ3n) is 3.01. The largest absolute Gasteiger partial charge is 0.483 e. The van der Waals surface area contributed by atoms with Gasteiger partial charge in [-0.1, -0.05) is 29.3 Å². The molecule has 0 aromatic heterocycles. The summed E-state index contributed by atoms with van der Waals surface area (Å²) in [6.45, 7) is 3.21. The molecule has 0 unspecified atom stereocenters. The molecule has 2 aromatic rings. The summed E-state index contributed by atoms with van der Waals surface area (Å²) < 4.78 is 5.42. The van der Waals surface area contributed by atoms with Gasteiger partial charge in [-0.2, -0.15) is 0 Å². The van der Waals surface area contributed by atoms with Gasteiger partial charge in [0.15, 0.2) is 12.4 Å². The smallest absolute Gasteiger partial charge is 0.262 e. The number of aryl methyl sites for hydroxylation is 1. The standard InChI is InChI=1S/C17H16ClNO3/c1-11-3-6-14(7-4-11)19-17(21)10-22-16-8-5-13(18)9-15(16)12(2)20/h3-9H,10H2,1-2H3,(H,19,21). The fourth-order valence-corrected chi connectivity index (χ4v) is 2.05. The molecule has 0 fully saturated rings. The van der Waals surface area contributed by atoms with Crippen LogP contribution >= 0.6 is 11.6 Å². The lowest BCUT2D eigenvalue weighted by Gasteiger charge is -2.10. The summed E-state index contributed by atoms with van der Waals surface area (Å²) in [7, 11) is 0. The Morgan fingerprint density at radius 1 is 1.14 bits per heavy atom. The Morgan fingerprint density at radius 3 is 2.45 bits per heavy atom. The Kier molecular flexibility index (Phi) is 5.17. The van der Waals surface area contributed by atoms with E-state index in [0.717, 1.165) is 5.56 Å². The number of benzene rings is 2. The highest BCUT2D eigenvalue weighted by molar-refractivity contribution is 6.31. The SMILES string of the molecule is CC(=O)c1cc(Cl)ccc1OCC(=O)Nc1ccc(C)cc1. The molecular weight excluding hydrogens is 302 g/mol. The summed E-state index contributed by atoms with van der Waals surface area (Å²) in [5.41, 5.74) is 2.17. The molecule has 0 atom stereocenters. The highest BCUT2D eigenvalue weighted by atomic mass is 35.5. The quantitative estimate of drug-likeness (QED) is 0.852. The molecule has 114 valence electrons. The molecule has 0 spiro atoms. The van der Waals surface area contributed by atoms with Crippen LogP contribution in [0.15, 0.2) is 42.5 Å². The van der Waals surface area contributed by atoms with Gasteiger partial charge in [-0.05, 0) is 44.2 Å². The first-order chi connectivity index (χ1) is 10.5. The molecule has 2 rings (SSSR count). The van der Waals surface area contributed by atoms with Crippen molar-refractivity contribution in [1.82, 2.24) is 0 Å². The minimum absolute atomic E-state index is 0.170. The number of rotatable bonds is 5. The molecule has 0 saturated heterocycles. The highest BCUT2D eigenvalue weighted by Crippen LogP contribution is 2.23. The second-order valence-corrected chi connectivity index (χ2v) is 5.34. The van der Waals surface area contributed by atoms with Crippen LogP contribution in [0, 0.1) is 6.92 Å². The molecule has 0 bridgehead atoms. The number of carbonyl (C=O) groups is 2. The number of hydrogen-bond donors (Lipinski definition) is 1. The van der Waals surface area contributed by atoms with Crippen LogP contribution in [0.1, 0.15) is 22.8 Å². The maximum atomic E-state index is 11.9. The Balaban J connectivity index is 1.99. The second kappa shape index (κ2) is 7.09. The lowest BCUT2D eigenvalue weighted by Crippen LogP contribution is -2.20. The Morgan fingerprint density at radius 2 is 1.82 bits per heavy atom. The zero-order valence-corrected chi connectivity index (χ0v) is 13.1.